The van der Waals surface area contributed by atoms with Crippen molar-refractivity contribution < 1.29 is 24.0 Å². The zero-order valence-electron chi connectivity index (χ0n) is 19.0. The first-order valence-electron chi connectivity index (χ1n) is 11.1. The maximum Gasteiger partial charge on any atom is 0.315 e. The normalized spacial score (nSPS) is 10.8. The van der Waals surface area contributed by atoms with Gasteiger partial charge in [0.25, 0.3) is 0 Å². The molecule has 0 aliphatic heterocycles. The lowest BCUT2D eigenvalue weighted by molar-refractivity contribution is -0.480. The molecular formula is C26H21NO6S3. The van der Waals surface area contributed by atoms with Crippen LogP contribution in [0.3, 0.4) is 0 Å². The fourth-order valence-electron chi connectivity index (χ4n) is 3.53. The second-order valence-electron chi connectivity index (χ2n) is 8.00. The van der Waals surface area contributed by atoms with Gasteiger partial charge in [0.1, 0.15) is 15.3 Å². The van der Waals surface area contributed by atoms with E-state index >= 15 is 0 Å². The molecule has 0 fully saturated rings. The highest BCUT2D eigenvalue weighted by Gasteiger charge is 2.10. The van der Waals surface area contributed by atoms with E-state index in [2.05, 4.69) is 0 Å². The minimum absolute atomic E-state index is 0.116. The molecule has 7 nitrogen and oxygen atoms in total. The van der Waals surface area contributed by atoms with Gasteiger partial charge in [0.15, 0.2) is 0 Å². The Balaban J connectivity index is 1.32. The van der Waals surface area contributed by atoms with Crippen LogP contribution in [0.1, 0.15) is 24.8 Å². The van der Waals surface area contributed by atoms with Crippen LogP contribution in [0.4, 0.5) is 0 Å². The number of carbonyl (C=O) groups excluding carboxylic acids is 2. The maximum atomic E-state index is 12.5. The molecule has 3 aromatic carbocycles. The fraction of sp³-hybridized carbons (Fsp3) is 0.192. The van der Waals surface area contributed by atoms with E-state index in [1.54, 1.807) is 44.9 Å². The van der Waals surface area contributed by atoms with E-state index in [-0.39, 0.29) is 25.4 Å². The Hall–Kier alpha value is -3.47. The van der Waals surface area contributed by atoms with Crippen LogP contribution in [-0.2, 0) is 16.0 Å². The average molecular weight is 540 g/mol. The highest BCUT2D eigenvalue weighted by atomic mass is 32.9. The number of carbonyl (C=O) groups is 2. The van der Waals surface area contributed by atoms with E-state index in [0.29, 0.717) is 24.3 Å². The summed E-state index contributed by atoms with van der Waals surface area (Å²) >= 11 is 5.18. The third kappa shape index (κ3) is 7.27. The average Bonchev–Trinajstić information content (AvgIpc) is 3.28. The van der Waals surface area contributed by atoms with E-state index in [1.807, 2.05) is 42.5 Å². The Labute approximate surface area is 219 Å². The van der Waals surface area contributed by atoms with Gasteiger partial charge in [-0.25, -0.2) is 0 Å². The molecule has 0 amide bonds. The van der Waals surface area contributed by atoms with Crippen molar-refractivity contribution in [1.82, 2.24) is 0 Å². The Morgan fingerprint density at radius 3 is 2.25 bits per heavy atom. The molecule has 0 aliphatic carbocycles. The lowest BCUT2D eigenvalue weighted by atomic mass is 10.0. The number of ether oxygens (including phenoxy) is 2. The molecule has 0 unspecified atom stereocenters. The first-order chi connectivity index (χ1) is 17.4. The zero-order chi connectivity index (χ0) is 25.5. The predicted molar refractivity (Wildman–Crippen MR) is 143 cm³/mol. The van der Waals surface area contributed by atoms with Crippen molar-refractivity contribution in [3.8, 4) is 21.9 Å². The number of hydrogen-bond acceptors (Lipinski definition) is 9. The molecular weight excluding hydrogens is 518 g/mol. The number of nitro groups is 1. The molecule has 0 saturated carbocycles. The molecule has 0 aliphatic rings. The lowest BCUT2D eigenvalue weighted by Gasteiger charge is -2.08. The Kier molecular flexibility index (Phi) is 8.52. The van der Waals surface area contributed by atoms with Crippen LogP contribution in [0.25, 0.3) is 21.2 Å². The van der Waals surface area contributed by atoms with Crippen LogP contribution in [0, 0.1) is 13.9 Å². The van der Waals surface area contributed by atoms with Gasteiger partial charge in [-0.15, -0.1) is 0 Å². The maximum absolute atomic E-state index is 12.5. The topological polar surface area (TPSA) is 95.7 Å². The summed E-state index contributed by atoms with van der Waals surface area (Å²) in [5, 5.41) is 12.1. The molecule has 0 bridgehead atoms. The summed E-state index contributed by atoms with van der Waals surface area (Å²) in [7, 11) is 3.17. The van der Waals surface area contributed by atoms with Crippen molar-refractivity contribution in [2.75, 3.05) is 6.54 Å². The number of nitrogens with zero attached hydrogens (tertiary/aromatic N) is 1. The first kappa shape index (κ1) is 25.6. The van der Waals surface area contributed by atoms with Crippen LogP contribution in [0.2, 0.25) is 0 Å². The smallest absolute Gasteiger partial charge is 0.315 e. The number of unbranched alkanes of at least 4 members (excludes halogenated alkanes) is 1. The lowest BCUT2D eigenvalue weighted by Crippen LogP contribution is -2.11. The molecule has 36 heavy (non-hydrogen) atoms. The van der Waals surface area contributed by atoms with E-state index < -0.39 is 10.9 Å². The summed E-state index contributed by atoms with van der Waals surface area (Å²) < 4.78 is 11.7. The second-order valence-corrected chi connectivity index (χ2v) is 10.9. The van der Waals surface area contributed by atoms with Gasteiger partial charge in [0.2, 0.25) is 6.54 Å². The monoisotopic (exact) mass is 539 g/mol. The highest BCUT2D eigenvalue weighted by Crippen LogP contribution is 2.30. The van der Waals surface area contributed by atoms with E-state index in [0.717, 1.165) is 30.6 Å². The molecule has 0 atom stereocenters. The molecule has 0 saturated heterocycles. The molecule has 4 rings (SSSR count). The molecule has 184 valence electrons. The number of hydrogen-bond donors (Lipinski definition) is 0. The van der Waals surface area contributed by atoms with Crippen molar-refractivity contribution in [3.63, 3.8) is 0 Å². The molecule has 4 aromatic rings. The van der Waals surface area contributed by atoms with Crippen molar-refractivity contribution in [1.29, 1.82) is 0 Å². The molecule has 0 spiro atoms. The van der Waals surface area contributed by atoms with Gasteiger partial charge >= 0.3 is 11.9 Å². The minimum Gasteiger partial charge on any atom is -0.427 e. The molecule has 1 aromatic heterocycles. The summed E-state index contributed by atoms with van der Waals surface area (Å²) in [6.45, 7) is -0.155. The number of fused-ring (bicyclic) bond motifs is 1. The highest BCUT2D eigenvalue weighted by molar-refractivity contribution is 7.80. The molecule has 1 heterocycles. The number of benzene rings is 3. The van der Waals surface area contributed by atoms with Crippen LogP contribution in [-0.4, -0.2) is 23.4 Å². The first-order valence-corrected chi connectivity index (χ1v) is 13.7. The Morgan fingerprint density at radius 2 is 1.53 bits per heavy atom. The van der Waals surface area contributed by atoms with Crippen LogP contribution >= 0.6 is 32.9 Å². The van der Waals surface area contributed by atoms with Gasteiger partial charge in [0.05, 0.1) is 6.42 Å². The summed E-state index contributed by atoms with van der Waals surface area (Å²) in [5.74, 6) is 0.0971. The van der Waals surface area contributed by atoms with E-state index in [1.165, 1.54) is 0 Å². The summed E-state index contributed by atoms with van der Waals surface area (Å²) in [4.78, 5) is 35.5. The number of rotatable bonds is 10. The largest absolute Gasteiger partial charge is 0.427 e. The fourth-order valence-corrected chi connectivity index (χ4v) is 5.94. The van der Waals surface area contributed by atoms with Gasteiger partial charge in [-0.3, -0.25) is 19.7 Å². The minimum atomic E-state index is -0.425. The zero-order valence-corrected chi connectivity index (χ0v) is 21.5. The third-order valence-electron chi connectivity index (χ3n) is 5.26. The van der Waals surface area contributed by atoms with Gasteiger partial charge < -0.3 is 9.47 Å². The molecule has 0 radical (unpaired) electrons. The number of esters is 2. The second kappa shape index (κ2) is 12.0. The van der Waals surface area contributed by atoms with Crippen molar-refractivity contribution >= 4 is 55.6 Å². The standard InChI is InChI=1S/C26H21NO6S3/c28-24(3-1-2-12-27(30)31)33-22-11-8-19-13-17(4-5-20(19)15-22)14-25(29)32-21-9-6-18(7-10-21)23-16-26(34)36-35-23/h4-11,13,15-16H,1-3,12,14H2. The van der Waals surface area contributed by atoms with E-state index in [9.17, 15) is 19.7 Å². The van der Waals surface area contributed by atoms with Crippen LogP contribution < -0.4 is 9.47 Å². The van der Waals surface area contributed by atoms with E-state index in [4.69, 9.17) is 21.7 Å². The SMILES string of the molecule is O=C(CCCC[N+](=O)[O-])Oc1ccc2cc(CC(=O)Oc3ccc(-c4cc(=S)ss4)cc3)ccc2c1. The van der Waals surface area contributed by atoms with Crippen LogP contribution in [0.15, 0.2) is 66.7 Å². The van der Waals surface area contributed by atoms with Crippen molar-refractivity contribution in [3.05, 3.63) is 86.2 Å². The van der Waals surface area contributed by atoms with Crippen LogP contribution in [0.5, 0.6) is 11.5 Å². The quantitative estimate of drug-likeness (QED) is 0.0413. The predicted octanol–water partition coefficient (Wildman–Crippen LogP) is 6.86. The summed E-state index contributed by atoms with van der Waals surface area (Å²) in [6.07, 6.45) is 0.980. The Morgan fingerprint density at radius 1 is 0.833 bits per heavy atom. The van der Waals surface area contributed by atoms with Gasteiger partial charge in [0, 0.05) is 22.6 Å². The van der Waals surface area contributed by atoms with Gasteiger partial charge in [-0.1, -0.05) is 57.2 Å². The third-order valence-corrected chi connectivity index (χ3v) is 8.17. The molecule has 0 N–H and O–H groups in total. The molecule has 10 heteroatoms. The summed E-state index contributed by atoms with van der Waals surface area (Å²) in [6, 6.07) is 20.1. The Bertz CT molecular complexity index is 1460. The van der Waals surface area contributed by atoms with Crippen molar-refractivity contribution in [2.45, 2.75) is 25.7 Å². The van der Waals surface area contributed by atoms with Gasteiger partial charge in [-0.05, 0) is 70.8 Å². The van der Waals surface area contributed by atoms with Crippen molar-refractivity contribution in [2.24, 2.45) is 0 Å². The summed E-state index contributed by atoms with van der Waals surface area (Å²) in [5.41, 5.74) is 1.83. The van der Waals surface area contributed by atoms with Gasteiger partial charge in [-0.2, -0.15) is 0 Å².